The van der Waals surface area contributed by atoms with Crippen LogP contribution in [0.1, 0.15) is 228 Å². The Morgan fingerprint density at radius 3 is 1.12 bits per heavy atom. The van der Waals surface area contributed by atoms with Crippen molar-refractivity contribution in [2.75, 3.05) is 45.9 Å². The molecule has 0 aliphatic carbocycles. The number of hydrogen-bond donors (Lipinski definition) is 2. The summed E-state index contributed by atoms with van der Waals surface area (Å²) in [6, 6.07) is 2.31. The zero-order valence-corrected chi connectivity index (χ0v) is 39.7. The van der Waals surface area contributed by atoms with Crippen molar-refractivity contribution >= 4 is 22.2 Å². The highest BCUT2D eigenvalue weighted by Crippen LogP contribution is 2.16. The first-order chi connectivity index (χ1) is 27.8. The van der Waals surface area contributed by atoms with Gasteiger partial charge in [-0.2, -0.15) is 5.26 Å². The van der Waals surface area contributed by atoms with E-state index in [2.05, 4.69) is 55.5 Å². The molecule has 10 nitrogen and oxygen atoms in total. The predicted octanol–water partition coefficient (Wildman–Crippen LogP) is 11.7. The summed E-state index contributed by atoms with van der Waals surface area (Å²) in [7, 11) is -4.42. The Morgan fingerprint density at radius 2 is 0.879 bits per heavy atom. The summed E-state index contributed by atoms with van der Waals surface area (Å²) in [5, 5.41) is 15.6. The molecule has 0 bridgehead atoms. The minimum Gasteiger partial charge on any atom is -0.726 e. The number of amides is 2. The number of nitriles is 1. The van der Waals surface area contributed by atoms with E-state index < -0.39 is 10.4 Å². The van der Waals surface area contributed by atoms with Crippen molar-refractivity contribution in [2.24, 2.45) is 11.8 Å². The summed E-state index contributed by atoms with van der Waals surface area (Å²) >= 11 is 0. The first-order valence-electron chi connectivity index (χ1n) is 24.2. The molecule has 0 atom stereocenters. The van der Waals surface area contributed by atoms with E-state index in [4.69, 9.17) is 0 Å². The maximum absolute atomic E-state index is 12.5. The Morgan fingerprint density at radius 1 is 0.569 bits per heavy atom. The highest BCUT2D eigenvalue weighted by atomic mass is 32.3. The van der Waals surface area contributed by atoms with Crippen molar-refractivity contribution < 1.29 is 31.2 Å². The molecule has 0 saturated heterocycles. The molecule has 0 spiro atoms. The minimum atomic E-state index is -4.42. The summed E-state index contributed by atoms with van der Waals surface area (Å²) in [6.07, 6.45) is 35.9. The lowest BCUT2D eigenvalue weighted by Gasteiger charge is -2.37. The van der Waals surface area contributed by atoms with Crippen LogP contribution in [0.5, 0.6) is 0 Å². The number of carbonyl (C=O) groups excluding carboxylic acids is 2. The van der Waals surface area contributed by atoms with Crippen LogP contribution in [0.25, 0.3) is 0 Å². The highest BCUT2D eigenvalue weighted by molar-refractivity contribution is 7.80. The second-order valence-electron chi connectivity index (χ2n) is 17.6. The number of nitrogens with one attached hydrogen (secondary N) is 2. The molecule has 0 rings (SSSR count). The van der Waals surface area contributed by atoms with E-state index in [1.165, 1.54) is 148 Å². The molecule has 2 amide bonds. The Balaban J connectivity index is 0. The van der Waals surface area contributed by atoms with Gasteiger partial charge in [0.05, 0.1) is 58.4 Å². The smallest absolute Gasteiger partial charge is 0.220 e. The molecule has 0 fully saturated rings. The van der Waals surface area contributed by atoms with Crippen LogP contribution in [-0.2, 0) is 24.2 Å². The number of quaternary nitrogens is 1. The lowest BCUT2D eigenvalue weighted by Crippen LogP contribution is -2.55. The molecule has 0 heterocycles. The molecule has 0 unspecified atom stereocenters. The Kier molecular flexibility index (Phi) is 42.2. The molecule has 0 saturated carbocycles. The van der Waals surface area contributed by atoms with Crippen LogP contribution in [0.2, 0.25) is 0 Å². The number of nitrogens with zero attached hydrogens (tertiary/aromatic N) is 2. The third kappa shape index (κ3) is 45.3. The van der Waals surface area contributed by atoms with Gasteiger partial charge in [0.25, 0.3) is 0 Å². The molecule has 0 radical (unpaired) electrons. The predicted molar refractivity (Wildman–Crippen MR) is 242 cm³/mol. The van der Waals surface area contributed by atoms with E-state index >= 15 is 0 Å². The summed E-state index contributed by atoms with van der Waals surface area (Å²) in [5.74, 6) is 1.99. The first kappa shape index (κ1) is 58.4. The minimum absolute atomic E-state index is 0.0914. The fourth-order valence-electron chi connectivity index (χ4n) is 7.49. The van der Waals surface area contributed by atoms with Crippen molar-refractivity contribution in [3.63, 3.8) is 0 Å². The lowest BCUT2D eigenvalue weighted by molar-refractivity contribution is -0.923. The van der Waals surface area contributed by atoms with Gasteiger partial charge in [-0.3, -0.25) is 13.8 Å². The molecular weight excluding hydrogens is 749 g/mol. The number of likely N-dealkylation sites (N-methyl/N-ethyl adjacent to an activating group) is 1. The maximum Gasteiger partial charge on any atom is 0.220 e. The Labute approximate surface area is 359 Å². The third-order valence-electron chi connectivity index (χ3n) is 11.3. The van der Waals surface area contributed by atoms with Crippen LogP contribution in [0, 0.1) is 23.2 Å². The zero-order chi connectivity index (χ0) is 43.6. The van der Waals surface area contributed by atoms with E-state index in [-0.39, 0.29) is 18.4 Å². The van der Waals surface area contributed by atoms with Gasteiger partial charge in [-0.1, -0.05) is 182 Å². The molecule has 0 aromatic heterocycles. The van der Waals surface area contributed by atoms with Gasteiger partial charge >= 0.3 is 0 Å². The van der Waals surface area contributed by atoms with E-state index in [0.717, 1.165) is 68.2 Å². The van der Waals surface area contributed by atoms with Crippen molar-refractivity contribution in [3.05, 3.63) is 0 Å². The van der Waals surface area contributed by atoms with E-state index in [1.54, 1.807) is 0 Å². The lowest BCUT2D eigenvalue weighted by atomic mass is 10.0. The van der Waals surface area contributed by atoms with Crippen molar-refractivity contribution in [1.29, 1.82) is 5.26 Å². The van der Waals surface area contributed by atoms with Gasteiger partial charge in [-0.15, -0.1) is 0 Å². The number of unbranched alkanes of at least 4 members (excludes halogenated alkanes) is 22. The van der Waals surface area contributed by atoms with Crippen LogP contribution in [0.4, 0.5) is 0 Å². The first-order valence-corrected chi connectivity index (χ1v) is 25.5. The van der Waals surface area contributed by atoms with Crippen LogP contribution < -0.4 is 10.6 Å². The molecule has 0 aliphatic heterocycles. The summed E-state index contributed by atoms with van der Waals surface area (Å²) in [6.45, 7) is 17.3. The quantitative estimate of drug-likeness (QED) is 0.0269. The van der Waals surface area contributed by atoms with Crippen LogP contribution in [0.3, 0.4) is 0 Å². The molecule has 0 aromatic carbocycles. The van der Waals surface area contributed by atoms with Gasteiger partial charge in [-0.05, 0) is 38.5 Å². The van der Waals surface area contributed by atoms with E-state index in [0.29, 0.717) is 32.4 Å². The Bertz CT molecular complexity index is 1030. The van der Waals surface area contributed by atoms with Crippen LogP contribution in [0.15, 0.2) is 0 Å². The Hall–Kier alpha value is -1.74. The summed E-state index contributed by atoms with van der Waals surface area (Å²) in [5.41, 5.74) is 0. The molecule has 58 heavy (non-hydrogen) atoms. The highest BCUT2D eigenvalue weighted by Gasteiger charge is 2.25. The molecule has 11 heteroatoms. The maximum atomic E-state index is 12.5. The van der Waals surface area contributed by atoms with Crippen molar-refractivity contribution in [2.45, 2.75) is 228 Å². The average molecular weight is 843 g/mol. The molecular formula is C47H94N4O6S. The van der Waals surface area contributed by atoms with Crippen LogP contribution >= 0.6 is 0 Å². The summed E-state index contributed by atoms with van der Waals surface area (Å²) in [4.78, 5) is 25.0. The summed E-state index contributed by atoms with van der Waals surface area (Å²) < 4.78 is 32.8. The van der Waals surface area contributed by atoms with Gasteiger partial charge in [0, 0.05) is 12.8 Å². The van der Waals surface area contributed by atoms with Gasteiger partial charge in [-0.25, -0.2) is 8.42 Å². The van der Waals surface area contributed by atoms with Gasteiger partial charge in [0.15, 0.2) is 0 Å². The molecule has 2 N–H and O–H groups in total. The fraction of sp³-hybridized carbons (Fsp3) is 0.936. The van der Waals surface area contributed by atoms with Gasteiger partial charge in [0.2, 0.25) is 22.2 Å². The fourth-order valence-corrected chi connectivity index (χ4v) is 7.78. The number of rotatable bonds is 41. The third-order valence-corrected chi connectivity index (χ3v) is 11.8. The van der Waals surface area contributed by atoms with Crippen molar-refractivity contribution in [3.8, 4) is 6.07 Å². The standard InChI is InChI=1S/C45H88N4O2.C2H6O4S/c1-6-49(39-31-36-46,40-37-47-44(50)34-29-25-21-17-13-9-7-11-15-19-23-27-32-42(2)3)41-38-48-45(51)35-30-26-22-18-14-10-8-12-16-20-24-28-33-43(4)5;1-2-6-7(3,4)5/h42-43H,6-35,37-41H2,1-5H3,(H-,47,48,50,51);2H2,1H3,(H,3,4,5). The normalized spacial score (nSPS) is 11.7. The molecule has 0 aromatic rings. The molecule has 344 valence electrons. The van der Waals surface area contributed by atoms with E-state index in [1.807, 2.05) is 0 Å². The molecule has 0 aliphatic rings. The SMILES string of the molecule is CCOS(=O)(=O)[O-].CC[N+](CCC#N)(CCNC(=O)CCCCCCCCCCCCCCC(C)C)CCNC(=O)CCCCCCCCCCCCCCC(C)C. The van der Waals surface area contributed by atoms with Crippen molar-refractivity contribution in [1.82, 2.24) is 10.6 Å². The topological polar surface area (TPSA) is 148 Å². The number of carbonyl (C=O) groups is 2. The second-order valence-corrected chi connectivity index (χ2v) is 18.7. The monoisotopic (exact) mass is 843 g/mol. The number of hydrogen-bond acceptors (Lipinski definition) is 7. The van der Waals surface area contributed by atoms with E-state index in [9.17, 15) is 27.8 Å². The van der Waals surface area contributed by atoms with Gasteiger partial charge in [0.1, 0.15) is 0 Å². The van der Waals surface area contributed by atoms with Crippen LogP contribution in [-0.4, -0.2) is 75.1 Å². The average Bonchev–Trinajstić information content (AvgIpc) is 3.16. The zero-order valence-electron chi connectivity index (χ0n) is 38.9. The van der Waals surface area contributed by atoms with Gasteiger partial charge < -0.3 is 19.7 Å². The largest absolute Gasteiger partial charge is 0.726 e. The second kappa shape index (κ2) is 42.0.